The zero-order chi connectivity index (χ0) is 20.4. The van der Waals surface area contributed by atoms with Crippen molar-refractivity contribution < 1.29 is 9.53 Å². The molecule has 2 heterocycles. The summed E-state index contributed by atoms with van der Waals surface area (Å²) in [6.07, 6.45) is 0. The van der Waals surface area contributed by atoms with Crippen LogP contribution in [0, 0.1) is 6.92 Å². The van der Waals surface area contributed by atoms with E-state index < -0.39 is 0 Å². The second kappa shape index (κ2) is 7.98. The number of carbonyl (C=O) groups excluding carboxylic acids is 1. The summed E-state index contributed by atoms with van der Waals surface area (Å²) in [5.41, 5.74) is 3.99. The summed E-state index contributed by atoms with van der Waals surface area (Å²) in [5.74, 6) is 0.535. The number of benzene rings is 2. The van der Waals surface area contributed by atoms with Crippen molar-refractivity contribution in [2.24, 2.45) is 0 Å². The Morgan fingerprint density at radius 3 is 2.52 bits per heavy atom. The van der Waals surface area contributed by atoms with E-state index in [4.69, 9.17) is 17.0 Å². The van der Waals surface area contributed by atoms with Gasteiger partial charge in [0.05, 0.1) is 17.7 Å². The number of aromatic nitrogens is 3. The van der Waals surface area contributed by atoms with Crippen LogP contribution in [0.25, 0.3) is 16.7 Å². The lowest BCUT2D eigenvalue weighted by Gasteiger charge is -2.11. The second-order valence-corrected chi connectivity index (χ2v) is 7.58. The number of aryl methyl sites for hydroxylation is 1. The maximum atomic E-state index is 12.1. The van der Waals surface area contributed by atoms with Crippen molar-refractivity contribution in [1.82, 2.24) is 20.3 Å². The van der Waals surface area contributed by atoms with E-state index >= 15 is 0 Å². The van der Waals surface area contributed by atoms with Crippen molar-refractivity contribution in [3.05, 3.63) is 64.4 Å². The molecule has 0 spiro atoms. The van der Waals surface area contributed by atoms with Crippen LogP contribution in [-0.4, -0.2) is 33.1 Å². The summed E-state index contributed by atoms with van der Waals surface area (Å²) in [7, 11) is 1.63. The Hall–Kier alpha value is -3.30. The number of amides is 1. The largest absolute Gasteiger partial charge is 0.497 e. The Bertz CT molecular complexity index is 1180. The van der Waals surface area contributed by atoms with Gasteiger partial charge in [0, 0.05) is 5.69 Å². The molecule has 4 rings (SSSR count). The van der Waals surface area contributed by atoms with Gasteiger partial charge in [-0.05, 0) is 72.5 Å². The molecular formula is C20H17N5O2S2. The summed E-state index contributed by atoms with van der Waals surface area (Å²) in [6, 6.07) is 14.8. The molecule has 0 atom stereocenters. The molecule has 0 aliphatic rings. The number of methoxy groups -OCH3 is 1. The van der Waals surface area contributed by atoms with Gasteiger partial charge in [-0.25, -0.2) is 0 Å². The molecule has 1 amide bonds. The third kappa shape index (κ3) is 4.10. The SMILES string of the molecule is COc1ccc(-n2nc3cc(C)c(NC(=S)NC(=O)c4cccs4)cc3n2)cc1. The van der Waals surface area contributed by atoms with Crippen LogP contribution >= 0.6 is 23.6 Å². The smallest absolute Gasteiger partial charge is 0.267 e. The fourth-order valence-electron chi connectivity index (χ4n) is 2.76. The zero-order valence-electron chi connectivity index (χ0n) is 15.7. The van der Waals surface area contributed by atoms with Crippen LogP contribution in [0.15, 0.2) is 53.9 Å². The molecule has 2 aromatic heterocycles. The number of nitrogens with zero attached hydrogens (tertiary/aromatic N) is 3. The van der Waals surface area contributed by atoms with E-state index in [9.17, 15) is 4.79 Å². The summed E-state index contributed by atoms with van der Waals surface area (Å²) in [4.78, 5) is 14.3. The zero-order valence-corrected chi connectivity index (χ0v) is 17.3. The van der Waals surface area contributed by atoms with Crippen molar-refractivity contribution in [1.29, 1.82) is 0 Å². The lowest BCUT2D eigenvalue weighted by atomic mass is 10.2. The van der Waals surface area contributed by atoms with Crippen molar-refractivity contribution in [3.8, 4) is 11.4 Å². The van der Waals surface area contributed by atoms with E-state index in [1.54, 1.807) is 18.0 Å². The highest BCUT2D eigenvalue weighted by molar-refractivity contribution is 7.80. The molecule has 0 fully saturated rings. The third-order valence-corrected chi connectivity index (χ3v) is 5.32. The minimum atomic E-state index is -0.235. The molecule has 0 aliphatic carbocycles. The first-order valence-corrected chi connectivity index (χ1v) is 10.0. The van der Waals surface area contributed by atoms with Gasteiger partial charge in [0.1, 0.15) is 16.8 Å². The molecule has 0 saturated heterocycles. The molecule has 2 N–H and O–H groups in total. The Morgan fingerprint density at radius 1 is 1.14 bits per heavy atom. The van der Waals surface area contributed by atoms with Crippen molar-refractivity contribution in [3.63, 3.8) is 0 Å². The van der Waals surface area contributed by atoms with Gasteiger partial charge in [0.15, 0.2) is 5.11 Å². The average Bonchev–Trinajstić information content (AvgIpc) is 3.38. The number of rotatable bonds is 4. The van der Waals surface area contributed by atoms with Crippen LogP contribution < -0.4 is 15.4 Å². The minimum absolute atomic E-state index is 0.230. The van der Waals surface area contributed by atoms with Crippen molar-refractivity contribution >= 4 is 51.3 Å². The average molecular weight is 424 g/mol. The third-order valence-electron chi connectivity index (χ3n) is 4.25. The lowest BCUT2D eigenvalue weighted by Crippen LogP contribution is -2.33. The molecule has 7 nitrogen and oxygen atoms in total. The number of nitrogens with one attached hydrogen (secondary N) is 2. The van der Waals surface area contributed by atoms with Crippen LogP contribution in [0.2, 0.25) is 0 Å². The summed E-state index contributed by atoms with van der Waals surface area (Å²) in [6.45, 7) is 1.94. The topological polar surface area (TPSA) is 81.1 Å². The number of thiophene rings is 1. The maximum Gasteiger partial charge on any atom is 0.267 e. The predicted octanol–water partition coefficient (Wildman–Crippen LogP) is 3.93. The number of carbonyl (C=O) groups is 1. The van der Waals surface area contributed by atoms with Gasteiger partial charge < -0.3 is 10.1 Å². The van der Waals surface area contributed by atoms with E-state index in [1.807, 2.05) is 54.8 Å². The van der Waals surface area contributed by atoms with Crippen molar-refractivity contribution in [2.45, 2.75) is 6.92 Å². The molecule has 4 aromatic rings. The molecule has 0 aliphatic heterocycles. The highest BCUT2D eigenvalue weighted by Crippen LogP contribution is 2.23. The van der Waals surface area contributed by atoms with Gasteiger partial charge in [-0.15, -0.1) is 21.5 Å². The highest BCUT2D eigenvalue weighted by atomic mass is 32.1. The number of ether oxygens (including phenoxy) is 1. The molecule has 29 heavy (non-hydrogen) atoms. The number of thiocarbonyl (C=S) groups is 1. The standard InChI is InChI=1S/C20H17N5O2S2/c1-12-10-16-17(24-25(23-16)13-5-7-14(27-2)8-6-13)11-15(12)21-20(28)22-19(26)18-4-3-9-29-18/h3-11H,1-2H3,(H2,21,22,26,28). The van der Waals surface area contributed by atoms with Crippen LogP contribution in [0.1, 0.15) is 15.2 Å². The maximum absolute atomic E-state index is 12.1. The molecule has 0 radical (unpaired) electrons. The number of hydrogen-bond donors (Lipinski definition) is 2. The number of fused-ring (bicyclic) bond motifs is 1. The van der Waals surface area contributed by atoms with Gasteiger partial charge in [-0.3, -0.25) is 10.1 Å². The molecule has 0 unspecified atom stereocenters. The monoisotopic (exact) mass is 423 g/mol. The van der Waals surface area contributed by atoms with Crippen LogP contribution in [0.4, 0.5) is 5.69 Å². The molecule has 146 valence electrons. The lowest BCUT2D eigenvalue weighted by molar-refractivity contribution is 0.0981. The van der Waals surface area contributed by atoms with E-state index in [-0.39, 0.29) is 11.0 Å². The molecule has 9 heteroatoms. The van der Waals surface area contributed by atoms with Crippen LogP contribution in [0.5, 0.6) is 5.75 Å². The van der Waals surface area contributed by atoms with Crippen LogP contribution in [0.3, 0.4) is 0 Å². The van der Waals surface area contributed by atoms with E-state index in [2.05, 4.69) is 20.8 Å². The van der Waals surface area contributed by atoms with E-state index in [0.29, 0.717) is 10.4 Å². The van der Waals surface area contributed by atoms with E-state index in [0.717, 1.165) is 28.2 Å². The Kier molecular flexibility index (Phi) is 5.24. The highest BCUT2D eigenvalue weighted by Gasteiger charge is 2.12. The minimum Gasteiger partial charge on any atom is -0.497 e. The fourth-order valence-corrected chi connectivity index (χ4v) is 3.58. The molecule has 0 saturated carbocycles. The first kappa shape index (κ1) is 19.0. The molecular weight excluding hydrogens is 406 g/mol. The predicted molar refractivity (Wildman–Crippen MR) is 118 cm³/mol. The van der Waals surface area contributed by atoms with Crippen molar-refractivity contribution in [2.75, 3.05) is 12.4 Å². The van der Waals surface area contributed by atoms with Gasteiger partial charge in [0.25, 0.3) is 5.91 Å². The molecule has 2 aromatic carbocycles. The Labute approximate surface area is 176 Å². The van der Waals surface area contributed by atoms with Gasteiger partial charge in [0.2, 0.25) is 0 Å². The summed E-state index contributed by atoms with van der Waals surface area (Å²) >= 11 is 6.64. The normalized spacial score (nSPS) is 10.7. The van der Waals surface area contributed by atoms with Crippen LogP contribution in [-0.2, 0) is 0 Å². The van der Waals surface area contributed by atoms with Gasteiger partial charge in [-0.1, -0.05) is 6.07 Å². The second-order valence-electron chi connectivity index (χ2n) is 6.23. The quantitative estimate of drug-likeness (QED) is 0.484. The first-order valence-electron chi connectivity index (χ1n) is 8.71. The van der Waals surface area contributed by atoms with Gasteiger partial charge in [-0.2, -0.15) is 4.80 Å². The summed E-state index contributed by atoms with van der Waals surface area (Å²) < 4.78 is 5.18. The summed E-state index contributed by atoms with van der Waals surface area (Å²) in [5, 5.41) is 16.9. The van der Waals surface area contributed by atoms with E-state index in [1.165, 1.54) is 11.3 Å². The Balaban J connectivity index is 1.55. The Morgan fingerprint density at radius 2 is 1.86 bits per heavy atom. The molecule has 0 bridgehead atoms. The van der Waals surface area contributed by atoms with Gasteiger partial charge >= 0.3 is 0 Å². The number of anilines is 1. The first-order chi connectivity index (χ1) is 14.0. The fraction of sp³-hybridized carbons (Fsp3) is 0.100. The number of hydrogen-bond acceptors (Lipinski definition) is 6.